The number of aryl methyl sites for hydroxylation is 1. The molecule has 0 aliphatic carbocycles. The number of hydrogen-bond donors (Lipinski definition) is 1. The van der Waals surface area contributed by atoms with Gasteiger partial charge in [-0.05, 0) is 57.9 Å². The Morgan fingerprint density at radius 2 is 1.93 bits per heavy atom. The quantitative estimate of drug-likeness (QED) is 0.337. The summed E-state index contributed by atoms with van der Waals surface area (Å²) in [7, 11) is 0. The number of rotatable bonds is 7. The van der Waals surface area contributed by atoms with E-state index in [-0.39, 0.29) is 24.0 Å². The van der Waals surface area contributed by atoms with Crippen molar-refractivity contribution < 1.29 is 9.47 Å². The maximum absolute atomic E-state index is 6.15. The van der Waals surface area contributed by atoms with E-state index in [9.17, 15) is 0 Å². The first-order valence-corrected chi connectivity index (χ1v) is 11.1. The van der Waals surface area contributed by atoms with Crippen molar-refractivity contribution in [2.24, 2.45) is 4.99 Å². The van der Waals surface area contributed by atoms with Crippen molar-refractivity contribution in [3.8, 4) is 0 Å². The summed E-state index contributed by atoms with van der Waals surface area (Å²) >= 11 is 0. The molecule has 0 aromatic heterocycles. The first-order valence-electron chi connectivity index (χ1n) is 11.1. The molecule has 164 valence electrons. The summed E-state index contributed by atoms with van der Waals surface area (Å²) in [6.07, 6.45) is 7.41. The average molecular weight is 515 g/mol. The molecule has 0 amide bonds. The highest BCUT2D eigenvalue weighted by atomic mass is 127. The van der Waals surface area contributed by atoms with Crippen molar-refractivity contribution >= 4 is 29.9 Å². The highest BCUT2D eigenvalue weighted by molar-refractivity contribution is 14.0. The molecular formula is C23H38IN3O2. The lowest BCUT2D eigenvalue weighted by Crippen LogP contribution is -2.47. The van der Waals surface area contributed by atoms with Gasteiger partial charge in [-0.2, -0.15) is 0 Å². The lowest BCUT2D eigenvalue weighted by Gasteiger charge is -2.35. The highest BCUT2D eigenvalue weighted by Gasteiger charge is 2.23. The predicted octanol–water partition coefficient (Wildman–Crippen LogP) is 4.17. The van der Waals surface area contributed by atoms with Gasteiger partial charge >= 0.3 is 0 Å². The van der Waals surface area contributed by atoms with Crippen LogP contribution in [0.3, 0.4) is 0 Å². The summed E-state index contributed by atoms with van der Waals surface area (Å²) < 4.78 is 11.9. The zero-order chi connectivity index (χ0) is 19.6. The van der Waals surface area contributed by atoms with Crippen LogP contribution in [0.2, 0.25) is 0 Å². The monoisotopic (exact) mass is 515 g/mol. The fourth-order valence-corrected chi connectivity index (χ4v) is 3.89. The number of nitrogens with one attached hydrogen (secondary N) is 1. The largest absolute Gasteiger partial charge is 0.376 e. The number of ether oxygens (including phenoxy) is 2. The summed E-state index contributed by atoms with van der Waals surface area (Å²) in [6.45, 7) is 9.65. The van der Waals surface area contributed by atoms with Gasteiger partial charge in [0.05, 0.1) is 18.8 Å². The van der Waals surface area contributed by atoms with Crippen LogP contribution < -0.4 is 5.32 Å². The molecule has 2 aliphatic heterocycles. The normalized spacial score (nSPS) is 21.0. The molecule has 1 N–H and O–H groups in total. The molecule has 6 heteroatoms. The summed E-state index contributed by atoms with van der Waals surface area (Å²) in [5, 5.41) is 3.46. The van der Waals surface area contributed by atoms with E-state index in [0.717, 1.165) is 71.0 Å². The molecule has 1 atom stereocenters. The van der Waals surface area contributed by atoms with Crippen molar-refractivity contribution in [3.63, 3.8) is 0 Å². The first kappa shape index (κ1) is 24.4. The average Bonchev–Trinajstić information content (AvgIpc) is 2.74. The van der Waals surface area contributed by atoms with Crippen molar-refractivity contribution in [3.05, 3.63) is 35.4 Å². The molecular weight excluding hydrogens is 477 g/mol. The zero-order valence-electron chi connectivity index (χ0n) is 18.1. The first-order chi connectivity index (χ1) is 13.7. The molecule has 2 aliphatic rings. The fourth-order valence-electron chi connectivity index (χ4n) is 3.89. The van der Waals surface area contributed by atoms with Gasteiger partial charge in [-0.25, -0.2) is 0 Å². The van der Waals surface area contributed by atoms with E-state index in [1.165, 1.54) is 24.0 Å². The third-order valence-electron chi connectivity index (χ3n) is 5.65. The Morgan fingerprint density at radius 1 is 1.17 bits per heavy atom. The fraction of sp³-hybridized carbons (Fsp3) is 0.696. The molecule has 2 heterocycles. The summed E-state index contributed by atoms with van der Waals surface area (Å²) in [6, 6.07) is 8.76. The van der Waals surface area contributed by atoms with Crippen LogP contribution in [0.4, 0.5) is 0 Å². The van der Waals surface area contributed by atoms with Crippen LogP contribution in [0.25, 0.3) is 0 Å². The third-order valence-corrected chi connectivity index (χ3v) is 5.65. The molecule has 1 aromatic carbocycles. The molecule has 0 saturated carbocycles. The Hall–Kier alpha value is -0.860. The lowest BCUT2D eigenvalue weighted by molar-refractivity contribution is -0.0721. The minimum absolute atomic E-state index is 0. The molecule has 0 spiro atoms. The Morgan fingerprint density at radius 3 is 2.59 bits per heavy atom. The van der Waals surface area contributed by atoms with Crippen molar-refractivity contribution in [1.29, 1.82) is 0 Å². The maximum atomic E-state index is 6.15. The van der Waals surface area contributed by atoms with E-state index in [1.54, 1.807) is 0 Å². The molecule has 3 rings (SSSR count). The van der Waals surface area contributed by atoms with Crippen molar-refractivity contribution in [2.45, 2.75) is 64.6 Å². The van der Waals surface area contributed by atoms with Gasteiger partial charge in [0.15, 0.2) is 5.96 Å². The number of aliphatic imine (C=N–C) groups is 1. The molecule has 2 saturated heterocycles. The zero-order valence-corrected chi connectivity index (χ0v) is 20.4. The van der Waals surface area contributed by atoms with Crippen LogP contribution >= 0.6 is 24.0 Å². The van der Waals surface area contributed by atoms with Crippen LogP contribution in [0, 0.1) is 6.92 Å². The number of piperidine rings is 1. The van der Waals surface area contributed by atoms with Gasteiger partial charge in [0.2, 0.25) is 0 Å². The minimum Gasteiger partial charge on any atom is -0.376 e. The van der Waals surface area contributed by atoms with E-state index in [0.29, 0.717) is 12.2 Å². The predicted molar refractivity (Wildman–Crippen MR) is 130 cm³/mol. The molecule has 2 fully saturated rings. The van der Waals surface area contributed by atoms with Gasteiger partial charge in [-0.3, -0.25) is 4.99 Å². The van der Waals surface area contributed by atoms with E-state index >= 15 is 0 Å². The Balaban J connectivity index is 0.00000300. The second-order valence-electron chi connectivity index (χ2n) is 7.98. The van der Waals surface area contributed by atoms with E-state index in [1.807, 2.05) is 0 Å². The van der Waals surface area contributed by atoms with Crippen LogP contribution in [0.5, 0.6) is 0 Å². The van der Waals surface area contributed by atoms with Gasteiger partial charge in [-0.15, -0.1) is 24.0 Å². The van der Waals surface area contributed by atoms with Crippen molar-refractivity contribution in [2.75, 3.05) is 39.4 Å². The second-order valence-corrected chi connectivity index (χ2v) is 7.98. The third kappa shape index (κ3) is 8.42. The number of hydrogen-bond acceptors (Lipinski definition) is 3. The standard InChI is InChI=1S/C23H37N3O2.HI/c1-3-24-23(25-14-11-20-9-7-19(2)8-10-20)26-15-12-21(13-16-26)28-18-22-6-4-5-17-27-22;/h7-10,21-22H,3-6,11-18H2,1-2H3,(H,24,25);1H. The molecule has 0 bridgehead atoms. The van der Waals surface area contributed by atoms with Gasteiger partial charge in [-0.1, -0.05) is 29.8 Å². The molecule has 1 unspecified atom stereocenters. The van der Waals surface area contributed by atoms with Crippen LogP contribution in [0.15, 0.2) is 29.3 Å². The summed E-state index contributed by atoms with van der Waals surface area (Å²) in [5.41, 5.74) is 2.66. The molecule has 1 aromatic rings. The summed E-state index contributed by atoms with van der Waals surface area (Å²) in [4.78, 5) is 7.25. The van der Waals surface area contributed by atoms with Gasteiger partial charge in [0.1, 0.15) is 0 Å². The Kier molecular flexibility index (Phi) is 11.3. The van der Waals surface area contributed by atoms with Gasteiger partial charge in [0, 0.05) is 32.8 Å². The van der Waals surface area contributed by atoms with Gasteiger partial charge in [0.25, 0.3) is 0 Å². The highest BCUT2D eigenvalue weighted by Crippen LogP contribution is 2.18. The number of guanidine groups is 1. The second kappa shape index (κ2) is 13.4. The molecule has 5 nitrogen and oxygen atoms in total. The Bertz CT molecular complexity index is 595. The minimum atomic E-state index is 0. The lowest BCUT2D eigenvalue weighted by atomic mass is 10.1. The smallest absolute Gasteiger partial charge is 0.193 e. The summed E-state index contributed by atoms with van der Waals surface area (Å²) in [5.74, 6) is 1.05. The van der Waals surface area contributed by atoms with E-state index in [4.69, 9.17) is 14.5 Å². The number of nitrogens with zero attached hydrogens (tertiary/aromatic N) is 2. The Labute approximate surface area is 193 Å². The van der Waals surface area contributed by atoms with Crippen LogP contribution in [-0.4, -0.2) is 62.5 Å². The number of benzene rings is 1. The SMILES string of the molecule is CCNC(=NCCc1ccc(C)cc1)N1CCC(OCC2CCCCO2)CC1.I. The number of halogens is 1. The molecule has 29 heavy (non-hydrogen) atoms. The topological polar surface area (TPSA) is 46.1 Å². The maximum Gasteiger partial charge on any atom is 0.193 e. The van der Waals surface area contributed by atoms with E-state index < -0.39 is 0 Å². The van der Waals surface area contributed by atoms with Crippen LogP contribution in [0.1, 0.15) is 50.2 Å². The number of likely N-dealkylation sites (tertiary alicyclic amines) is 1. The molecule has 0 radical (unpaired) electrons. The van der Waals surface area contributed by atoms with E-state index in [2.05, 4.69) is 48.3 Å². The van der Waals surface area contributed by atoms with Crippen LogP contribution in [-0.2, 0) is 15.9 Å². The van der Waals surface area contributed by atoms with Gasteiger partial charge < -0.3 is 19.7 Å². The van der Waals surface area contributed by atoms with Crippen molar-refractivity contribution in [1.82, 2.24) is 10.2 Å².